The fourth-order valence-corrected chi connectivity index (χ4v) is 3.03. The molecule has 1 aliphatic rings. The van der Waals surface area contributed by atoms with Gasteiger partial charge in [0.25, 0.3) is 0 Å². The lowest BCUT2D eigenvalue weighted by atomic mass is 10.1. The first-order chi connectivity index (χ1) is 12.1. The number of nitrogens with one attached hydrogen (secondary N) is 1. The highest BCUT2D eigenvalue weighted by atomic mass is 16.3. The molecule has 2 aromatic rings. The van der Waals surface area contributed by atoms with E-state index in [9.17, 15) is 5.11 Å². The standard InChI is InChI=1S/C20H24N4O/c1-15-2-7-20(23-19(15)12-21)22-13-16-3-5-17(6-4-16)14-24-10-8-18(25)9-11-24/h2-7,18,25H,8-11,13-14H2,1H3,(H,22,23). The summed E-state index contributed by atoms with van der Waals surface area (Å²) in [4.78, 5) is 6.70. The predicted molar refractivity (Wildman–Crippen MR) is 98.0 cm³/mol. The van der Waals surface area contributed by atoms with Crippen molar-refractivity contribution < 1.29 is 5.11 Å². The Balaban J connectivity index is 1.53. The number of aromatic nitrogens is 1. The summed E-state index contributed by atoms with van der Waals surface area (Å²) in [6.45, 7) is 5.43. The number of pyridine rings is 1. The van der Waals surface area contributed by atoms with Gasteiger partial charge in [-0.15, -0.1) is 0 Å². The van der Waals surface area contributed by atoms with Gasteiger partial charge in [-0.3, -0.25) is 4.90 Å². The molecule has 2 heterocycles. The minimum absolute atomic E-state index is 0.123. The third kappa shape index (κ3) is 4.79. The van der Waals surface area contributed by atoms with Crippen LogP contribution in [0.15, 0.2) is 36.4 Å². The minimum atomic E-state index is -0.123. The molecule has 1 aromatic heterocycles. The number of benzene rings is 1. The fourth-order valence-electron chi connectivity index (χ4n) is 3.03. The number of nitrogens with zero attached hydrogens (tertiary/aromatic N) is 3. The molecule has 3 rings (SSSR count). The predicted octanol–water partition coefficient (Wildman–Crippen LogP) is 2.83. The zero-order chi connectivity index (χ0) is 17.6. The second-order valence-electron chi connectivity index (χ2n) is 6.65. The van der Waals surface area contributed by atoms with Gasteiger partial charge in [-0.25, -0.2) is 4.98 Å². The van der Waals surface area contributed by atoms with Crippen LogP contribution in [0.2, 0.25) is 0 Å². The summed E-state index contributed by atoms with van der Waals surface area (Å²) in [5.41, 5.74) is 3.83. The van der Waals surface area contributed by atoms with Crippen LogP contribution in [0.3, 0.4) is 0 Å². The highest BCUT2D eigenvalue weighted by molar-refractivity contribution is 5.43. The molecule has 1 aliphatic heterocycles. The van der Waals surface area contributed by atoms with Crippen molar-refractivity contribution in [2.45, 2.75) is 39.0 Å². The average Bonchev–Trinajstić information content (AvgIpc) is 2.64. The van der Waals surface area contributed by atoms with Crippen LogP contribution < -0.4 is 5.32 Å². The molecular formula is C20H24N4O. The van der Waals surface area contributed by atoms with E-state index in [-0.39, 0.29) is 6.10 Å². The van der Waals surface area contributed by atoms with Crippen molar-refractivity contribution in [2.75, 3.05) is 18.4 Å². The average molecular weight is 336 g/mol. The topological polar surface area (TPSA) is 72.2 Å². The summed E-state index contributed by atoms with van der Waals surface area (Å²) in [6, 6.07) is 14.5. The first-order valence-electron chi connectivity index (χ1n) is 8.74. The summed E-state index contributed by atoms with van der Waals surface area (Å²) >= 11 is 0. The number of aryl methyl sites for hydroxylation is 1. The Morgan fingerprint density at radius 3 is 2.52 bits per heavy atom. The van der Waals surface area contributed by atoms with Gasteiger partial charge in [0.2, 0.25) is 0 Å². The van der Waals surface area contributed by atoms with E-state index in [0.29, 0.717) is 12.2 Å². The lowest BCUT2D eigenvalue weighted by Gasteiger charge is -2.29. The zero-order valence-corrected chi connectivity index (χ0v) is 14.6. The number of nitriles is 1. The van der Waals surface area contributed by atoms with Gasteiger partial charge < -0.3 is 10.4 Å². The summed E-state index contributed by atoms with van der Waals surface area (Å²) in [7, 11) is 0. The molecule has 0 saturated carbocycles. The van der Waals surface area contributed by atoms with Crippen molar-refractivity contribution in [2.24, 2.45) is 0 Å². The SMILES string of the molecule is Cc1ccc(NCc2ccc(CN3CCC(O)CC3)cc2)nc1C#N. The lowest BCUT2D eigenvalue weighted by molar-refractivity contribution is 0.0792. The Kier molecular flexibility index (Phi) is 5.64. The lowest BCUT2D eigenvalue weighted by Crippen LogP contribution is -2.35. The van der Waals surface area contributed by atoms with Crippen molar-refractivity contribution in [1.82, 2.24) is 9.88 Å². The van der Waals surface area contributed by atoms with Gasteiger partial charge in [0.1, 0.15) is 17.6 Å². The summed E-state index contributed by atoms with van der Waals surface area (Å²) in [6.07, 6.45) is 1.62. The molecule has 0 bridgehead atoms. The summed E-state index contributed by atoms with van der Waals surface area (Å²) < 4.78 is 0. The van der Waals surface area contributed by atoms with Crippen LogP contribution in [0.25, 0.3) is 0 Å². The third-order valence-electron chi connectivity index (χ3n) is 4.66. The van der Waals surface area contributed by atoms with Gasteiger partial charge >= 0.3 is 0 Å². The smallest absolute Gasteiger partial charge is 0.145 e. The van der Waals surface area contributed by atoms with E-state index in [4.69, 9.17) is 5.26 Å². The van der Waals surface area contributed by atoms with Crippen LogP contribution >= 0.6 is 0 Å². The van der Waals surface area contributed by atoms with Crippen molar-refractivity contribution in [3.05, 3.63) is 58.8 Å². The maximum Gasteiger partial charge on any atom is 0.145 e. The molecule has 0 aliphatic carbocycles. The third-order valence-corrected chi connectivity index (χ3v) is 4.66. The largest absolute Gasteiger partial charge is 0.393 e. The molecule has 0 amide bonds. The molecule has 0 spiro atoms. The number of hydrogen-bond acceptors (Lipinski definition) is 5. The molecule has 1 saturated heterocycles. The second-order valence-corrected chi connectivity index (χ2v) is 6.65. The molecule has 25 heavy (non-hydrogen) atoms. The van der Waals surface area contributed by atoms with E-state index in [0.717, 1.165) is 43.9 Å². The van der Waals surface area contributed by atoms with Gasteiger partial charge in [0.15, 0.2) is 0 Å². The van der Waals surface area contributed by atoms with Crippen molar-refractivity contribution in [3.8, 4) is 6.07 Å². The Bertz CT molecular complexity index is 743. The Morgan fingerprint density at radius 2 is 1.84 bits per heavy atom. The van der Waals surface area contributed by atoms with E-state index in [2.05, 4.69) is 45.5 Å². The first-order valence-corrected chi connectivity index (χ1v) is 8.74. The van der Waals surface area contributed by atoms with Gasteiger partial charge in [-0.1, -0.05) is 30.3 Å². The van der Waals surface area contributed by atoms with E-state index in [1.807, 2.05) is 19.1 Å². The molecule has 0 atom stereocenters. The fraction of sp³-hybridized carbons (Fsp3) is 0.400. The molecule has 0 unspecified atom stereocenters. The van der Waals surface area contributed by atoms with Crippen LogP contribution in [0.5, 0.6) is 0 Å². The van der Waals surface area contributed by atoms with Gasteiger partial charge in [0, 0.05) is 26.2 Å². The number of likely N-dealkylation sites (tertiary alicyclic amines) is 1. The normalized spacial score (nSPS) is 15.7. The first kappa shape index (κ1) is 17.4. The van der Waals surface area contributed by atoms with Crippen molar-refractivity contribution >= 4 is 5.82 Å². The van der Waals surface area contributed by atoms with E-state index in [1.54, 1.807) is 0 Å². The molecular weight excluding hydrogens is 312 g/mol. The molecule has 5 nitrogen and oxygen atoms in total. The number of anilines is 1. The number of aliphatic hydroxyl groups excluding tert-OH is 1. The quantitative estimate of drug-likeness (QED) is 0.878. The Labute approximate surface area is 148 Å². The Morgan fingerprint density at radius 1 is 1.16 bits per heavy atom. The maximum absolute atomic E-state index is 9.57. The molecule has 1 fully saturated rings. The van der Waals surface area contributed by atoms with Crippen LogP contribution in [0.4, 0.5) is 5.82 Å². The summed E-state index contributed by atoms with van der Waals surface area (Å²) in [5.74, 6) is 0.720. The number of rotatable bonds is 5. The van der Waals surface area contributed by atoms with E-state index in [1.165, 1.54) is 11.1 Å². The minimum Gasteiger partial charge on any atom is -0.393 e. The monoisotopic (exact) mass is 336 g/mol. The van der Waals surface area contributed by atoms with Crippen LogP contribution in [-0.4, -0.2) is 34.2 Å². The summed E-state index contributed by atoms with van der Waals surface area (Å²) in [5, 5.41) is 21.9. The van der Waals surface area contributed by atoms with Crippen LogP contribution in [0.1, 0.15) is 35.2 Å². The number of hydrogen-bond donors (Lipinski definition) is 2. The van der Waals surface area contributed by atoms with Crippen LogP contribution in [0, 0.1) is 18.3 Å². The van der Waals surface area contributed by atoms with E-state index < -0.39 is 0 Å². The highest BCUT2D eigenvalue weighted by Gasteiger charge is 2.16. The molecule has 0 radical (unpaired) electrons. The molecule has 5 heteroatoms. The number of piperidine rings is 1. The van der Waals surface area contributed by atoms with E-state index >= 15 is 0 Å². The van der Waals surface area contributed by atoms with Gasteiger partial charge in [-0.2, -0.15) is 5.26 Å². The molecule has 1 aromatic carbocycles. The van der Waals surface area contributed by atoms with Crippen molar-refractivity contribution in [3.63, 3.8) is 0 Å². The zero-order valence-electron chi connectivity index (χ0n) is 14.6. The Hall–Kier alpha value is -2.42. The second kappa shape index (κ2) is 8.11. The maximum atomic E-state index is 9.57. The van der Waals surface area contributed by atoms with Crippen molar-refractivity contribution in [1.29, 1.82) is 5.26 Å². The number of aliphatic hydroxyl groups is 1. The highest BCUT2D eigenvalue weighted by Crippen LogP contribution is 2.15. The molecule has 2 N–H and O–H groups in total. The van der Waals surface area contributed by atoms with Crippen LogP contribution in [-0.2, 0) is 13.1 Å². The molecule has 130 valence electrons. The van der Waals surface area contributed by atoms with Gasteiger partial charge in [-0.05, 0) is 42.5 Å². The van der Waals surface area contributed by atoms with Gasteiger partial charge in [0.05, 0.1) is 6.10 Å².